The van der Waals surface area contributed by atoms with Crippen LogP contribution in [0.5, 0.6) is 5.75 Å². The van der Waals surface area contributed by atoms with E-state index in [0.717, 1.165) is 17.9 Å². The molecule has 0 spiro atoms. The number of benzene rings is 1. The van der Waals surface area contributed by atoms with Gasteiger partial charge >= 0.3 is 0 Å². The molecule has 3 rings (SSSR count). The number of aromatic hydroxyl groups is 1. The fraction of sp³-hybridized carbons (Fsp3) is 0.538. The molecule has 0 aromatic heterocycles. The number of hydrogen-bond acceptors (Lipinski definition) is 5. The lowest BCUT2D eigenvalue weighted by Crippen LogP contribution is -2.40. The van der Waals surface area contributed by atoms with Crippen molar-refractivity contribution in [3.63, 3.8) is 0 Å². The van der Waals surface area contributed by atoms with Gasteiger partial charge in [0.2, 0.25) is 6.35 Å². The number of ether oxygens (including phenoxy) is 1. The fourth-order valence-corrected chi connectivity index (χ4v) is 2.48. The van der Waals surface area contributed by atoms with Crippen LogP contribution >= 0.6 is 0 Å². The second kappa shape index (κ2) is 5.04. The SMILES string of the molecule is Oc1cccc2c1NC(OCC1CCCCN1)N2. The van der Waals surface area contributed by atoms with Crippen molar-refractivity contribution in [1.82, 2.24) is 5.32 Å². The van der Waals surface area contributed by atoms with E-state index in [0.29, 0.717) is 12.6 Å². The summed E-state index contributed by atoms with van der Waals surface area (Å²) in [7, 11) is 0. The van der Waals surface area contributed by atoms with Crippen molar-refractivity contribution in [2.45, 2.75) is 31.7 Å². The second-order valence-electron chi connectivity index (χ2n) is 4.85. The molecule has 4 N–H and O–H groups in total. The first-order valence-corrected chi connectivity index (χ1v) is 6.53. The van der Waals surface area contributed by atoms with Gasteiger partial charge in [-0.3, -0.25) is 0 Å². The molecule has 5 heteroatoms. The predicted molar refractivity (Wildman–Crippen MR) is 70.7 cm³/mol. The van der Waals surface area contributed by atoms with Crippen molar-refractivity contribution < 1.29 is 9.84 Å². The minimum atomic E-state index is -0.253. The minimum Gasteiger partial charge on any atom is -0.506 e. The molecule has 18 heavy (non-hydrogen) atoms. The van der Waals surface area contributed by atoms with Crippen molar-refractivity contribution in [3.8, 4) is 5.75 Å². The second-order valence-corrected chi connectivity index (χ2v) is 4.85. The number of phenols is 1. The van der Waals surface area contributed by atoms with Crippen molar-refractivity contribution in [2.75, 3.05) is 23.8 Å². The van der Waals surface area contributed by atoms with E-state index in [1.54, 1.807) is 6.07 Å². The molecule has 1 aromatic rings. The lowest BCUT2D eigenvalue weighted by atomic mass is 10.1. The molecule has 0 saturated carbocycles. The van der Waals surface area contributed by atoms with Crippen molar-refractivity contribution >= 4 is 11.4 Å². The fourth-order valence-electron chi connectivity index (χ4n) is 2.48. The highest BCUT2D eigenvalue weighted by Gasteiger charge is 2.23. The molecule has 2 aliphatic rings. The van der Waals surface area contributed by atoms with Crippen LogP contribution in [0, 0.1) is 0 Å². The molecular formula is C13H19N3O2. The van der Waals surface area contributed by atoms with Crippen LogP contribution in [0.4, 0.5) is 11.4 Å². The molecule has 1 aromatic carbocycles. The van der Waals surface area contributed by atoms with Gasteiger partial charge in [0.15, 0.2) is 0 Å². The molecule has 1 saturated heterocycles. The van der Waals surface area contributed by atoms with Crippen molar-refractivity contribution in [2.24, 2.45) is 0 Å². The topological polar surface area (TPSA) is 65.5 Å². The van der Waals surface area contributed by atoms with Crippen molar-refractivity contribution in [3.05, 3.63) is 18.2 Å². The third kappa shape index (κ3) is 2.37. The number of fused-ring (bicyclic) bond motifs is 1. The molecule has 0 radical (unpaired) electrons. The van der Waals surface area contributed by atoms with Crippen LogP contribution < -0.4 is 16.0 Å². The zero-order valence-corrected chi connectivity index (χ0v) is 10.3. The quantitative estimate of drug-likeness (QED) is 0.614. The Bertz CT molecular complexity index is 419. The summed E-state index contributed by atoms with van der Waals surface area (Å²) in [4.78, 5) is 0. The Morgan fingerprint density at radius 1 is 1.28 bits per heavy atom. The van der Waals surface area contributed by atoms with Crippen LogP contribution in [-0.4, -0.2) is 30.7 Å². The van der Waals surface area contributed by atoms with Gasteiger partial charge in [-0.25, -0.2) is 0 Å². The first-order chi connectivity index (χ1) is 8.83. The number of hydrogen-bond donors (Lipinski definition) is 4. The van der Waals surface area contributed by atoms with Gasteiger partial charge < -0.3 is 25.8 Å². The summed E-state index contributed by atoms with van der Waals surface area (Å²) < 4.78 is 5.78. The van der Waals surface area contributed by atoms with E-state index < -0.39 is 0 Å². The Labute approximate surface area is 107 Å². The molecule has 98 valence electrons. The van der Waals surface area contributed by atoms with E-state index in [4.69, 9.17) is 4.74 Å². The maximum Gasteiger partial charge on any atom is 0.205 e. The lowest BCUT2D eigenvalue weighted by Gasteiger charge is -2.25. The summed E-state index contributed by atoms with van der Waals surface area (Å²) in [6, 6.07) is 5.84. The summed E-state index contributed by atoms with van der Waals surface area (Å²) in [5.41, 5.74) is 1.61. The highest BCUT2D eigenvalue weighted by atomic mass is 16.5. The molecule has 0 aliphatic carbocycles. The molecule has 0 amide bonds. The smallest absolute Gasteiger partial charge is 0.205 e. The monoisotopic (exact) mass is 249 g/mol. The van der Waals surface area contributed by atoms with Gasteiger partial charge in [-0.1, -0.05) is 12.5 Å². The summed E-state index contributed by atoms with van der Waals surface area (Å²) in [6.45, 7) is 1.76. The summed E-state index contributed by atoms with van der Waals surface area (Å²) >= 11 is 0. The predicted octanol–water partition coefficient (Wildman–Crippen LogP) is 1.67. The third-order valence-corrected chi connectivity index (χ3v) is 3.48. The third-order valence-electron chi connectivity index (χ3n) is 3.48. The van der Waals surface area contributed by atoms with Gasteiger partial charge in [-0.05, 0) is 31.5 Å². The Hall–Kier alpha value is -1.46. The Balaban J connectivity index is 1.53. The van der Waals surface area contributed by atoms with E-state index in [9.17, 15) is 5.11 Å². The van der Waals surface area contributed by atoms with Gasteiger partial charge in [0.25, 0.3) is 0 Å². The van der Waals surface area contributed by atoms with Crippen LogP contribution in [0.1, 0.15) is 19.3 Å². The lowest BCUT2D eigenvalue weighted by molar-refractivity contribution is 0.0685. The van der Waals surface area contributed by atoms with Gasteiger partial charge in [0.05, 0.1) is 12.3 Å². The zero-order chi connectivity index (χ0) is 12.4. The van der Waals surface area contributed by atoms with Crippen LogP contribution in [0.3, 0.4) is 0 Å². The molecule has 2 aliphatic heterocycles. The van der Waals surface area contributed by atoms with E-state index in [2.05, 4.69) is 16.0 Å². The number of para-hydroxylation sites is 1. The van der Waals surface area contributed by atoms with E-state index >= 15 is 0 Å². The minimum absolute atomic E-state index is 0.252. The molecule has 2 heterocycles. The van der Waals surface area contributed by atoms with Gasteiger partial charge in [0, 0.05) is 6.04 Å². The number of phenolic OH excluding ortho intramolecular Hbond substituents is 1. The number of anilines is 2. The zero-order valence-electron chi connectivity index (χ0n) is 10.3. The summed E-state index contributed by atoms with van der Waals surface area (Å²) in [5.74, 6) is 0.252. The normalized spacial score (nSPS) is 26.2. The average molecular weight is 249 g/mol. The van der Waals surface area contributed by atoms with E-state index in [1.165, 1.54) is 19.3 Å². The van der Waals surface area contributed by atoms with Crippen molar-refractivity contribution in [1.29, 1.82) is 0 Å². The molecule has 2 atom stereocenters. The molecule has 0 bridgehead atoms. The van der Waals surface area contributed by atoms with Gasteiger partial charge in [-0.15, -0.1) is 0 Å². The summed E-state index contributed by atoms with van der Waals surface area (Å²) in [5, 5.41) is 19.5. The average Bonchev–Trinajstić information content (AvgIpc) is 2.82. The van der Waals surface area contributed by atoms with Crippen LogP contribution in [0.15, 0.2) is 18.2 Å². The Morgan fingerprint density at radius 2 is 2.22 bits per heavy atom. The maximum absolute atomic E-state index is 9.70. The number of rotatable bonds is 3. The Morgan fingerprint density at radius 3 is 3.00 bits per heavy atom. The van der Waals surface area contributed by atoms with E-state index in [-0.39, 0.29) is 12.1 Å². The maximum atomic E-state index is 9.70. The standard InChI is InChI=1S/C13H19N3O2/c17-11-6-3-5-10-12(11)16-13(15-10)18-8-9-4-1-2-7-14-9/h3,5-6,9,13-17H,1-2,4,7-8H2. The van der Waals surface area contributed by atoms with Gasteiger partial charge in [0.1, 0.15) is 11.4 Å². The first-order valence-electron chi connectivity index (χ1n) is 6.53. The van der Waals surface area contributed by atoms with Crippen LogP contribution in [0.25, 0.3) is 0 Å². The van der Waals surface area contributed by atoms with E-state index in [1.807, 2.05) is 12.1 Å². The highest BCUT2D eigenvalue weighted by Crippen LogP contribution is 2.36. The number of nitrogens with one attached hydrogen (secondary N) is 3. The molecule has 1 fully saturated rings. The highest BCUT2D eigenvalue weighted by molar-refractivity contribution is 5.79. The molecular weight excluding hydrogens is 230 g/mol. The number of piperidine rings is 1. The first kappa shape index (κ1) is 11.6. The van der Waals surface area contributed by atoms with Crippen LogP contribution in [-0.2, 0) is 4.74 Å². The molecule has 5 nitrogen and oxygen atoms in total. The molecule has 2 unspecified atom stereocenters. The Kier molecular flexibility index (Phi) is 3.25. The van der Waals surface area contributed by atoms with Crippen LogP contribution in [0.2, 0.25) is 0 Å². The summed E-state index contributed by atoms with van der Waals surface area (Å²) in [6.07, 6.45) is 3.45. The van der Waals surface area contributed by atoms with Gasteiger partial charge in [-0.2, -0.15) is 0 Å². The largest absolute Gasteiger partial charge is 0.506 e.